The summed E-state index contributed by atoms with van der Waals surface area (Å²) in [6.07, 6.45) is 5.80. The van der Waals surface area contributed by atoms with Gasteiger partial charge in [0.15, 0.2) is 23.1 Å². The van der Waals surface area contributed by atoms with Crippen molar-refractivity contribution in [3.05, 3.63) is 40.4 Å². The second kappa shape index (κ2) is 9.30. The number of hydrogen-bond donors (Lipinski definition) is 0. The summed E-state index contributed by atoms with van der Waals surface area (Å²) < 4.78 is 18.1. The first kappa shape index (κ1) is 20.0. The van der Waals surface area contributed by atoms with Gasteiger partial charge in [0.2, 0.25) is 0 Å². The molecule has 24 heavy (non-hydrogen) atoms. The van der Waals surface area contributed by atoms with Gasteiger partial charge in [-0.25, -0.2) is 0 Å². The van der Waals surface area contributed by atoms with Crippen LogP contribution in [0, 0.1) is 6.92 Å². The van der Waals surface area contributed by atoms with Crippen LogP contribution >= 0.6 is 11.3 Å². The van der Waals surface area contributed by atoms with E-state index in [1.165, 1.54) is 0 Å². The van der Waals surface area contributed by atoms with Crippen molar-refractivity contribution in [3.63, 3.8) is 0 Å². The molecule has 1 heterocycles. The molecule has 5 nitrogen and oxygen atoms in total. The van der Waals surface area contributed by atoms with Gasteiger partial charge in [-0.1, -0.05) is 11.3 Å². The smallest absolute Gasteiger partial charge is 0.289 e. The molecule has 2 aromatic rings. The molecule has 0 atom stereocenters. The fourth-order valence-corrected chi connectivity index (χ4v) is 2.99. The molecule has 0 fully saturated rings. The third-order valence-electron chi connectivity index (χ3n) is 3.19. The van der Waals surface area contributed by atoms with E-state index in [4.69, 9.17) is 14.2 Å². The number of allylic oxidation sites excluding steroid dienone is 1. The molecule has 1 aromatic carbocycles. The lowest BCUT2D eigenvalue weighted by Gasteiger charge is -2.12. The standard InChI is InChI=1S/C17H21N2O3S.ClH/c1-6-9-19-16(23-12(2)18-19)8-7-13-10-14(20-3)11-15(21-4)17(13)22-5;/h6-8,10-11H,1,9H2,2-5H3;1H/q+1;/p-1. The van der Waals surface area contributed by atoms with Gasteiger partial charge < -0.3 is 26.6 Å². The van der Waals surface area contributed by atoms with Crippen molar-refractivity contribution in [1.29, 1.82) is 0 Å². The maximum Gasteiger partial charge on any atom is 0.289 e. The fraction of sp³-hybridized carbons (Fsp3) is 0.294. The van der Waals surface area contributed by atoms with Gasteiger partial charge in [-0.05, 0) is 36.5 Å². The van der Waals surface area contributed by atoms with E-state index in [9.17, 15) is 0 Å². The summed E-state index contributed by atoms with van der Waals surface area (Å²) in [6, 6.07) is 3.70. The Morgan fingerprint density at radius 2 is 1.92 bits per heavy atom. The Labute approximate surface area is 152 Å². The summed E-state index contributed by atoms with van der Waals surface area (Å²) in [5.74, 6) is 2.01. The number of ether oxygens (including phenoxy) is 3. The zero-order valence-electron chi connectivity index (χ0n) is 14.2. The summed E-state index contributed by atoms with van der Waals surface area (Å²) in [5, 5.41) is 6.49. The Hall–Kier alpha value is -2.05. The number of nitrogens with zero attached hydrogens (tertiary/aromatic N) is 2. The molecular formula is C17H21ClN2O3S. The van der Waals surface area contributed by atoms with Gasteiger partial charge in [-0.3, -0.25) is 0 Å². The molecule has 0 N–H and O–H groups in total. The molecule has 0 radical (unpaired) electrons. The van der Waals surface area contributed by atoms with Crippen molar-refractivity contribution >= 4 is 23.5 Å². The molecule has 0 bridgehead atoms. The highest BCUT2D eigenvalue weighted by molar-refractivity contribution is 7.11. The minimum atomic E-state index is 0. The van der Waals surface area contributed by atoms with E-state index in [1.807, 2.05) is 35.9 Å². The molecule has 0 saturated carbocycles. The first-order valence-corrected chi connectivity index (χ1v) is 7.91. The van der Waals surface area contributed by atoms with Crippen LogP contribution in [-0.2, 0) is 6.54 Å². The van der Waals surface area contributed by atoms with Crippen LogP contribution in [0.4, 0.5) is 0 Å². The highest BCUT2D eigenvalue weighted by Gasteiger charge is 2.15. The number of rotatable bonds is 7. The van der Waals surface area contributed by atoms with Crippen LogP contribution < -0.4 is 31.3 Å². The van der Waals surface area contributed by atoms with Gasteiger partial charge in [0.05, 0.1) is 21.3 Å². The molecular weight excluding hydrogens is 348 g/mol. The third kappa shape index (κ3) is 4.49. The van der Waals surface area contributed by atoms with E-state index in [-0.39, 0.29) is 12.4 Å². The summed E-state index contributed by atoms with van der Waals surface area (Å²) in [4.78, 5) is 0. The lowest BCUT2D eigenvalue weighted by Crippen LogP contribution is -3.00. The van der Waals surface area contributed by atoms with Crippen LogP contribution in [-0.4, -0.2) is 26.4 Å². The summed E-state index contributed by atoms with van der Waals surface area (Å²) in [6.45, 7) is 6.42. The van der Waals surface area contributed by atoms with Crippen molar-refractivity contribution in [2.24, 2.45) is 0 Å². The largest absolute Gasteiger partial charge is 1.00 e. The monoisotopic (exact) mass is 368 g/mol. The van der Waals surface area contributed by atoms with E-state index < -0.39 is 0 Å². The average Bonchev–Trinajstić information content (AvgIpc) is 2.91. The minimum absolute atomic E-state index is 0. The van der Waals surface area contributed by atoms with Gasteiger partial charge in [0, 0.05) is 22.8 Å². The summed E-state index contributed by atoms with van der Waals surface area (Å²) >= 11 is 1.62. The topological polar surface area (TPSA) is 44.5 Å². The maximum absolute atomic E-state index is 5.47. The second-order valence-electron chi connectivity index (χ2n) is 4.72. The quantitative estimate of drug-likeness (QED) is 0.514. The molecule has 0 unspecified atom stereocenters. The van der Waals surface area contributed by atoms with Crippen LogP contribution in [0.15, 0.2) is 24.8 Å². The number of halogens is 1. The first-order valence-electron chi connectivity index (χ1n) is 7.09. The zero-order chi connectivity index (χ0) is 16.8. The van der Waals surface area contributed by atoms with E-state index in [0.29, 0.717) is 23.8 Å². The molecule has 2 rings (SSSR count). The molecule has 0 amide bonds. The van der Waals surface area contributed by atoms with E-state index >= 15 is 0 Å². The van der Waals surface area contributed by atoms with E-state index in [2.05, 4.69) is 11.7 Å². The number of aryl methyl sites for hydroxylation is 1. The SMILES string of the molecule is C=CC[n+]1nc(C)sc1C=Cc1cc(OC)cc(OC)c1OC.[Cl-]. The van der Waals surface area contributed by atoms with Crippen LogP contribution in [0.25, 0.3) is 12.2 Å². The predicted octanol–water partition coefficient (Wildman–Crippen LogP) is 0.125. The van der Waals surface area contributed by atoms with Gasteiger partial charge in [-0.2, -0.15) is 0 Å². The van der Waals surface area contributed by atoms with Gasteiger partial charge in [0.25, 0.3) is 5.01 Å². The molecule has 0 aliphatic heterocycles. The zero-order valence-corrected chi connectivity index (χ0v) is 15.8. The van der Waals surface area contributed by atoms with Crippen molar-refractivity contribution in [2.75, 3.05) is 21.3 Å². The molecule has 0 spiro atoms. The average molecular weight is 369 g/mol. The Bertz CT molecular complexity index is 729. The van der Waals surface area contributed by atoms with Crippen molar-refractivity contribution in [2.45, 2.75) is 13.5 Å². The van der Waals surface area contributed by atoms with Crippen LogP contribution in [0.1, 0.15) is 15.6 Å². The first-order chi connectivity index (χ1) is 11.1. The number of aromatic nitrogens is 2. The molecule has 0 aliphatic rings. The van der Waals surface area contributed by atoms with Gasteiger partial charge in [-0.15, -0.1) is 0 Å². The molecule has 0 saturated heterocycles. The van der Waals surface area contributed by atoms with E-state index in [1.54, 1.807) is 38.7 Å². The van der Waals surface area contributed by atoms with Crippen LogP contribution in [0.5, 0.6) is 17.2 Å². The predicted molar refractivity (Wildman–Crippen MR) is 92.3 cm³/mol. The molecule has 130 valence electrons. The maximum atomic E-state index is 5.47. The minimum Gasteiger partial charge on any atom is -1.00 e. The number of benzene rings is 1. The second-order valence-corrected chi connectivity index (χ2v) is 5.93. The lowest BCUT2D eigenvalue weighted by atomic mass is 10.1. The Morgan fingerprint density at radius 3 is 2.50 bits per heavy atom. The van der Waals surface area contributed by atoms with Gasteiger partial charge >= 0.3 is 0 Å². The Morgan fingerprint density at radius 1 is 1.17 bits per heavy atom. The third-order valence-corrected chi connectivity index (χ3v) is 4.13. The number of hydrogen-bond acceptors (Lipinski definition) is 5. The van der Waals surface area contributed by atoms with Crippen molar-refractivity contribution < 1.29 is 31.3 Å². The highest BCUT2D eigenvalue weighted by Crippen LogP contribution is 2.36. The fourth-order valence-electron chi connectivity index (χ4n) is 2.19. The highest BCUT2D eigenvalue weighted by atomic mass is 35.5. The van der Waals surface area contributed by atoms with Crippen molar-refractivity contribution in [3.8, 4) is 17.2 Å². The van der Waals surface area contributed by atoms with Crippen LogP contribution in [0.2, 0.25) is 0 Å². The van der Waals surface area contributed by atoms with E-state index in [0.717, 1.165) is 15.6 Å². The summed E-state index contributed by atoms with van der Waals surface area (Å²) in [7, 11) is 4.85. The van der Waals surface area contributed by atoms with Crippen LogP contribution in [0.3, 0.4) is 0 Å². The number of methoxy groups -OCH3 is 3. The Balaban J connectivity index is 0.00000288. The molecule has 0 aliphatic carbocycles. The Kier molecular flexibility index (Phi) is 7.74. The lowest BCUT2D eigenvalue weighted by molar-refractivity contribution is -0.741. The van der Waals surface area contributed by atoms with Crippen molar-refractivity contribution in [1.82, 2.24) is 5.10 Å². The normalized spacial score (nSPS) is 10.3. The molecule has 1 aromatic heterocycles. The molecule has 7 heteroatoms. The summed E-state index contributed by atoms with van der Waals surface area (Å²) in [5.41, 5.74) is 0.875. The van der Waals surface area contributed by atoms with Gasteiger partial charge in [0.1, 0.15) is 5.75 Å².